The van der Waals surface area contributed by atoms with Gasteiger partial charge >= 0.3 is 0 Å². The highest BCUT2D eigenvalue weighted by molar-refractivity contribution is 6.32. The van der Waals surface area contributed by atoms with Gasteiger partial charge in [0.1, 0.15) is 6.10 Å². The smallest absolute Gasteiger partial charge is 0.107 e. The average molecular weight is 330 g/mol. The molecular formula is C18H13Cl2NO. The average Bonchev–Trinajstić information content (AvgIpc) is 3.33. The number of epoxide rings is 1. The summed E-state index contributed by atoms with van der Waals surface area (Å²) in [5.74, 6) is 0. The second-order valence-electron chi connectivity index (χ2n) is 5.54. The number of rotatable bonds is 2. The number of benzene rings is 2. The van der Waals surface area contributed by atoms with Gasteiger partial charge in [-0.2, -0.15) is 0 Å². The molecule has 2 heterocycles. The van der Waals surface area contributed by atoms with Crippen molar-refractivity contribution in [2.45, 2.75) is 13.0 Å². The van der Waals surface area contributed by atoms with Crippen molar-refractivity contribution in [1.29, 1.82) is 0 Å². The van der Waals surface area contributed by atoms with E-state index in [1.54, 1.807) is 0 Å². The van der Waals surface area contributed by atoms with Gasteiger partial charge in [0.25, 0.3) is 0 Å². The number of aromatic nitrogens is 1. The Kier molecular flexibility index (Phi) is 3.33. The van der Waals surface area contributed by atoms with Gasteiger partial charge in [0.05, 0.1) is 17.8 Å². The van der Waals surface area contributed by atoms with Gasteiger partial charge in [0.15, 0.2) is 0 Å². The molecule has 4 rings (SSSR count). The first kappa shape index (κ1) is 14.0. The minimum Gasteiger partial charge on any atom is -0.368 e. The number of nitrogens with zero attached hydrogens (tertiary/aromatic N) is 1. The largest absolute Gasteiger partial charge is 0.368 e. The van der Waals surface area contributed by atoms with Crippen molar-refractivity contribution in [3.05, 3.63) is 63.6 Å². The molecule has 1 aliphatic rings. The van der Waals surface area contributed by atoms with E-state index >= 15 is 0 Å². The molecule has 0 radical (unpaired) electrons. The lowest BCUT2D eigenvalue weighted by Gasteiger charge is -2.10. The number of hydrogen-bond donors (Lipinski definition) is 0. The Bertz CT molecular complexity index is 870. The summed E-state index contributed by atoms with van der Waals surface area (Å²) in [7, 11) is 0. The van der Waals surface area contributed by atoms with Crippen LogP contribution in [0.1, 0.15) is 17.2 Å². The van der Waals surface area contributed by atoms with Crippen LogP contribution in [0.15, 0.2) is 42.5 Å². The zero-order chi connectivity index (χ0) is 15.3. The lowest BCUT2D eigenvalue weighted by Crippen LogP contribution is -1.93. The summed E-state index contributed by atoms with van der Waals surface area (Å²) in [6.45, 7) is 2.77. The van der Waals surface area contributed by atoms with Crippen LogP contribution in [0.25, 0.3) is 22.2 Å². The highest BCUT2D eigenvalue weighted by Crippen LogP contribution is 2.38. The van der Waals surface area contributed by atoms with Crippen molar-refractivity contribution >= 4 is 34.1 Å². The summed E-state index contributed by atoms with van der Waals surface area (Å²) in [6.07, 6.45) is 0.164. The van der Waals surface area contributed by atoms with Crippen LogP contribution in [0.5, 0.6) is 0 Å². The van der Waals surface area contributed by atoms with Crippen molar-refractivity contribution in [2.24, 2.45) is 0 Å². The number of pyridine rings is 1. The van der Waals surface area contributed by atoms with Gasteiger partial charge in [-0.3, -0.25) is 0 Å². The first-order chi connectivity index (χ1) is 10.6. The zero-order valence-corrected chi connectivity index (χ0v) is 13.4. The molecule has 1 atom stereocenters. The van der Waals surface area contributed by atoms with Crippen LogP contribution >= 0.6 is 23.2 Å². The minimum atomic E-state index is 0.164. The molecule has 3 aromatic rings. The van der Waals surface area contributed by atoms with Gasteiger partial charge in [-0.1, -0.05) is 35.3 Å². The molecule has 2 aromatic carbocycles. The fourth-order valence-corrected chi connectivity index (χ4v) is 2.93. The van der Waals surface area contributed by atoms with Crippen molar-refractivity contribution in [3.8, 4) is 11.3 Å². The lowest BCUT2D eigenvalue weighted by molar-refractivity contribution is 0.417. The van der Waals surface area contributed by atoms with Crippen LogP contribution in [0.3, 0.4) is 0 Å². The molecule has 22 heavy (non-hydrogen) atoms. The molecular weight excluding hydrogens is 317 g/mol. The van der Waals surface area contributed by atoms with Gasteiger partial charge < -0.3 is 4.74 Å². The van der Waals surface area contributed by atoms with E-state index in [2.05, 4.69) is 12.1 Å². The summed E-state index contributed by atoms with van der Waals surface area (Å²) in [5, 5.41) is 2.56. The molecule has 0 bridgehead atoms. The maximum atomic E-state index is 6.27. The molecule has 1 unspecified atom stereocenters. The standard InChI is InChI=1S/C18H13Cl2NO/c1-10-6-13-14(18-9-22-18)7-16(21-17(13)8-15(10)20)11-2-4-12(19)5-3-11/h2-8,18H,9H2,1H3. The highest BCUT2D eigenvalue weighted by Gasteiger charge is 2.28. The molecule has 1 fully saturated rings. The quantitative estimate of drug-likeness (QED) is 0.573. The summed E-state index contributed by atoms with van der Waals surface area (Å²) < 4.78 is 5.50. The van der Waals surface area contributed by atoms with Crippen molar-refractivity contribution in [1.82, 2.24) is 4.98 Å². The maximum absolute atomic E-state index is 6.27. The number of hydrogen-bond acceptors (Lipinski definition) is 2. The monoisotopic (exact) mass is 329 g/mol. The van der Waals surface area contributed by atoms with Crippen molar-refractivity contribution in [3.63, 3.8) is 0 Å². The van der Waals surface area contributed by atoms with Gasteiger partial charge in [-0.15, -0.1) is 0 Å². The van der Waals surface area contributed by atoms with E-state index in [0.29, 0.717) is 5.02 Å². The molecule has 1 aromatic heterocycles. The van der Waals surface area contributed by atoms with Gasteiger partial charge in [0, 0.05) is 21.0 Å². The van der Waals surface area contributed by atoms with E-state index in [9.17, 15) is 0 Å². The molecule has 0 spiro atoms. The summed E-state index contributed by atoms with van der Waals surface area (Å²) in [4.78, 5) is 4.76. The molecule has 0 amide bonds. The normalized spacial score (nSPS) is 17.0. The Labute approximate surface area is 138 Å². The minimum absolute atomic E-state index is 0.164. The van der Waals surface area contributed by atoms with Crippen molar-refractivity contribution < 1.29 is 4.74 Å². The summed E-state index contributed by atoms with van der Waals surface area (Å²) in [6, 6.07) is 13.8. The number of halogens is 2. The highest BCUT2D eigenvalue weighted by atomic mass is 35.5. The molecule has 110 valence electrons. The van der Waals surface area contributed by atoms with E-state index < -0.39 is 0 Å². The first-order valence-electron chi connectivity index (χ1n) is 7.10. The Hall–Kier alpha value is -1.61. The van der Waals surface area contributed by atoms with Crippen molar-refractivity contribution in [2.75, 3.05) is 6.61 Å². The van der Waals surface area contributed by atoms with Gasteiger partial charge in [0.2, 0.25) is 0 Å². The van der Waals surface area contributed by atoms with Gasteiger partial charge in [-0.05, 0) is 48.4 Å². The third-order valence-corrected chi connectivity index (χ3v) is 4.60. The van der Waals surface area contributed by atoms with Crippen LogP contribution in [0, 0.1) is 6.92 Å². The van der Waals surface area contributed by atoms with Crippen LogP contribution in [-0.4, -0.2) is 11.6 Å². The number of ether oxygens (including phenoxy) is 1. The lowest BCUT2D eigenvalue weighted by atomic mass is 10.0. The topological polar surface area (TPSA) is 25.4 Å². The Morgan fingerprint density at radius 3 is 2.50 bits per heavy atom. The van der Waals surface area contributed by atoms with Crippen LogP contribution < -0.4 is 0 Å². The number of aryl methyl sites for hydroxylation is 1. The molecule has 0 N–H and O–H groups in total. The van der Waals surface area contributed by atoms with E-state index in [1.165, 1.54) is 5.56 Å². The third-order valence-electron chi connectivity index (χ3n) is 3.94. The van der Waals surface area contributed by atoms with E-state index in [-0.39, 0.29) is 6.10 Å². The predicted molar refractivity (Wildman–Crippen MR) is 90.6 cm³/mol. The molecule has 0 aliphatic carbocycles. The summed E-state index contributed by atoms with van der Waals surface area (Å²) in [5.41, 5.74) is 5.07. The van der Waals surface area contributed by atoms with E-state index in [1.807, 2.05) is 37.3 Å². The molecule has 2 nitrogen and oxygen atoms in total. The second-order valence-corrected chi connectivity index (χ2v) is 6.39. The van der Waals surface area contributed by atoms with Crippen LogP contribution in [0.4, 0.5) is 0 Å². The van der Waals surface area contributed by atoms with Crippen LogP contribution in [-0.2, 0) is 4.74 Å². The summed E-state index contributed by atoms with van der Waals surface area (Å²) >= 11 is 12.2. The van der Waals surface area contributed by atoms with Gasteiger partial charge in [-0.25, -0.2) is 4.98 Å². The molecule has 0 saturated carbocycles. The molecule has 1 saturated heterocycles. The van der Waals surface area contributed by atoms with E-state index in [0.717, 1.165) is 39.4 Å². The predicted octanol–water partition coefficient (Wildman–Crippen LogP) is 5.59. The fourth-order valence-electron chi connectivity index (χ4n) is 2.64. The molecule has 1 aliphatic heterocycles. The van der Waals surface area contributed by atoms with E-state index in [4.69, 9.17) is 32.9 Å². The third kappa shape index (κ3) is 2.48. The Balaban J connectivity index is 1.96. The first-order valence-corrected chi connectivity index (χ1v) is 7.86. The fraction of sp³-hybridized carbons (Fsp3) is 0.167. The zero-order valence-electron chi connectivity index (χ0n) is 11.9. The Morgan fingerprint density at radius 2 is 1.82 bits per heavy atom. The van der Waals surface area contributed by atoms with Crippen LogP contribution in [0.2, 0.25) is 10.0 Å². The molecule has 4 heteroatoms. The Morgan fingerprint density at radius 1 is 1.09 bits per heavy atom. The SMILES string of the molecule is Cc1cc2c(C3CO3)cc(-c3ccc(Cl)cc3)nc2cc1Cl. The number of fused-ring (bicyclic) bond motifs is 1. The maximum Gasteiger partial charge on any atom is 0.107 e. The second kappa shape index (κ2) is 5.24.